The average Bonchev–Trinajstić information content (AvgIpc) is 2.27. The minimum atomic E-state index is -0.618. The molecule has 5 heteroatoms. The number of halogens is 1. The van der Waals surface area contributed by atoms with Gasteiger partial charge in [0.1, 0.15) is 5.60 Å². The Hall–Kier alpha value is -1.81. The van der Waals surface area contributed by atoms with Crippen molar-refractivity contribution in [1.29, 1.82) is 0 Å². The van der Waals surface area contributed by atoms with E-state index in [4.69, 9.17) is 16.3 Å². The van der Waals surface area contributed by atoms with Crippen LogP contribution in [0.5, 0.6) is 0 Å². The zero-order valence-electron chi connectivity index (χ0n) is 11.2. The molecule has 1 rings (SSSR count). The summed E-state index contributed by atoms with van der Waals surface area (Å²) in [5.41, 5.74) is 2.64. The van der Waals surface area contributed by atoms with Crippen molar-refractivity contribution in [3.05, 3.63) is 40.9 Å². The second-order valence-electron chi connectivity index (χ2n) is 4.81. The number of carbonyl (C=O) groups is 1. The average molecular weight is 281 g/mol. The Morgan fingerprint density at radius 3 is 2.53 bits per heavy atom. The topological polar surface area (TPSA) is 50.7 Å². The summed E-state index contributed by atoms with van der Waals surface area (Å²) in [6, 6.07) is 9.57. The molecule has 19 heavy (non-hydrogen) atoms. The van der Waals surface area contributed by atoms with Gasteiger partial charge in [-0.15, -0.1) is 0 Å². The van der Waals surface area contributed by atoms with Crippen LogP contribution in [0.25, 0.3) is 6.08 Å². The van der Waals surface area contributed by atoms with E-state index in [9.17, 15) is 4.79 Å². The molecular formula is C14H17ClN2O2. The van der Waals surface area contributed by atoms with Crippen molar-refractivity contribution in [3.63, 3.8) is 0 Å². The molecule has 0 aliphatic carbocycles. The molecule has 0 aliphatic heterocycles. The Bertz CT molecular complexity index is 476. The van der Waals surface area contributed by atoms with Gasteiger partial charge in [-0.3, -0.25) is 0 Å². The van der Waals surface area contributed by atoms with Crippen LogP contribution in [-0.2, 0) is 4.74 Å². The van der Waals surface area contributed by atoms with Gasteiger partial charge < -0.3 is 4.74 Å². The molecule has 0 saturated carbocycles. The lowest BCUT2D eigenvalue weighted by atomic mass is 10.2. The molecule has 0 heterocycles. The molecule has 1 aromatic rings. The summed E-state index contributed by atoms with van der Waals surface area (Å²) in [5, 5.41) is 4.11. The summed E-state index contributed by atoms with van der Waals surface area (Å²) in [4.78, 5) is 11.3. The molecule has 0 aromatic heterocycles. The molecule has 1 amide bonds. The van der Waals surface area contributed by atoms with E-state index in [0.29, 0.717) is 5.03 Å². The zero-order chi connectivity index (χ0) is 14.3. The number of nitrogens with one attached hydrogen (secondary N) is 1. The van der Waals surface area contributed by atoms with Crippen molar-refractivity contribution < 1.29 is 9.53 Å². The molecule has 0 saturated heterocycles. The van der Waals surface area contributed by atoms with Gasteiger partial charge in [0.05, 0.1) is 11.2 Å². The molecule has 0 radical (unpaired) electrons. The van der Waals surface area contributed by atoms with Gasteiger partial charge in [0.25, 0.3) is 0 Å². The minimum absolute atomic E-state index is 0.405. The van der Waals surface area contributed by atoms with Crippen LogP contribution in [-0.4, -0.2) is 17.9 Å². The molecule has 4 nitrogen and oxygen atoms in total. The van der Waals surface area contributed by atoms with Crippen molar-refractivity contribution >= 4 is 30.0 Å². The molecule has 0 spiro atoms. The van der Waals surface area contributed by atoms with Gasteiger partial charge in [0.2, 0.25) is 0 Å². The number of hydrogen-bond donors (Lipinski definition) is 1. The van der Waals surface area contributed by atoms with E-state index in [1.54, 1.807) is 26.8 Å². The van der Waals surface area contributed by atoms with Gasteiger partial charge in [-0.05, 0) is 32.4 Å². The standard InChI is InChI=1S/C14H17ClN2O2/c1-14(2,3)19-13(18)17-16-10-12(15)9-11-7-5-4-6-8-11/h4-10H,1-3H3,(H,17,18)/b12-9-,16-10-. The molecule has 1 aromatic carbocycles. The Morgan fingerprint density at radius 1 is 1.32 bits per heavy atom. The first-order chi connectivity index (χ1) is 8.87. The van der Waals surface area contributed by atoms with E-state index in [2.05, 4.69) is 10.5 Å². The molecular weight excluding hydrogens is 264 g/mol. The van der Waals surface area contributed by atoms with Crippen LogP contribution in [0.1, 0.15) is 26.3 Å². The molecule has 0 aliphatic rings. The Balaban J connectivity index is 2.49. The zero-order valence-corrected chi connectivity index (χ0v) is 11.9. The van der Waals surface area contributed by atoms with Gasteiger partial charge in [-0.2, -0.15) is 5.10 Å². The smallest absolute Gasteiger partial charge is 0.428 e. The maximum Gasteiger partial charge on any atom is 0.428 e. The third kappa shape index (κ3) is 7.26. The van der Waals surface area contributed by atoms with Gasteiger partial charge >= 0.3 is 6.09 Å². The van der Waals surface area contributed by atoms with Crippen LogP contribution in [0, 0.1) is 0 Å². The van der Waals surface area contributed by atoms with Crippen LogP contribution in [0.15, 0.2) is 40.5 Å². The number of allylic oxidation sites excluding steroid dienone is 1. The number of nitrogens with zero attached hydrogens (tertiary/aromatic N) is 1. The summed E-state index contributed by atoms with van der Waals surface area (Å²) in [5.74, 6) is 0. The lowest BCUT2D eigenvalue weighted by Gasteiger charge is -2.18. The summed E-state index contributed by atoms with van der Waals surface area (Å²) >= 11 is 5.95. The SMILES string of the molecule is CC(C)(C)OC(=O)N/N=C\C(Cl)=C\c1ccccc1. The van der Waals surface area contributed by atoms with E-state index in [-0.39, 0.29) is 0 Å². The maximum atomic E-state index is 11.3. The molecule has 0 unspecified atom stereocenters. The number of ether oxygens (including phenoxy) is 1. The second kappa shape index (κ2) is 6.95. The Labute approximate surface area is 118 Å². The number of hydrogen-bond acceptors (Lipinski definition) is 3. The quantitative estimate of drug-likeness (QED) is 0.677. The summed E-state index contributed by atoms with van der Waals surface area (Å²) in [6.45, 7) is 5.33. The van der Waals surface area contributed by atoms with E-state index in [1.165, 1.54) is 6.21 Å². The highest BCUT2D eigenvalue weighted by molar-refractivity contribution is 6.41. The van der Waals surface area contributed by atoms with Gasteiger partial charge in [0.15, 0.2) is 0 Å². The third-order valence-electron chi connectivity index (χ3n) is 1.85. The second-order valence-corrected chi connectivity index (χ2v) is 5.25. The predicted octanol–water partition coefficient (Wildman–Crippen LogP) is 3.78. The van der Waals surface area contributed by atoms with Crippen LogP contribution in [0.3, 0.4) is 0 Å². The minimum Gasteiger partial charge on any atom is -0.443 e. The number of hydrazone groups is 1. The molecule has 0 bridgehead atoms. The van der Waals surface area contributed by atoms with E-state index < -0.39 is 11.7 Å². The Kier molecular flexibility index (Phi) is 5.57. The van der Waals surface area contributed by atoms with E-state index in [0.717, 1.165) is 5.56 Å². The molecule has 0 atom stereocenters. The van der Waals surface area contributed by atoms with Crippen LogP contribution < -0.4 is 5.43 Å². The molecule has 102 valence electrons. The normalized spacial score (nSPS) is 12.5. The van der Waals surface area contributed by atoms with Crippen molar-refractivity contribution in [3.8, 4) is 0 Å². The van der Waals surface area contributed by atoms with Crippen LogP contribution in [0.4, 0.5) is 4.79 Å². The van der Waals surface area contributed by atoms with Crippen LogP contribution in [0.2, 0.25) is 0 Å². The first kappa shape index (κ1) is 15.2. The van der Waals surface area contributed by atoms with Gasteiger partial charge in [-0.1, -0.05) is 41.9 Å². The highest BCUT2D eigenvalue weighted by Crippen LogP contribution is 2.08. The van der Waals surface area contributed by atoms with Crippen LogP contribution >= 0.6 is 11.6 Å². The molecule has 1 N–H and O–H groups in total. The number of rotatable bonds is 3. The summed E-state index contributed by atoms with van der Waals surface area (Å²) in [7, 11) is 0. The third-order valence-corrected chi connectivity index (χ3v) is 2.05. The number of benzene rings is 1. The summed E-state index contributed by atoms with van der Waals surface area (Å²) in [6.07, 6.45) is 2.47. The van der Waals surface area contributed by atoms with Gasteiger partial charge in [0, 0.05) is 0 Å². The highest BCUT2D eigenvalue weighted by Gasteiger charge is 2.15. The fourth-order valence-corrected chi connectivity index (χ4v) is 1.37. The fourth-order valence-electron chi connectivity index (χ4n) is 1.19. The summed E-state index contributed by atoms with van der Waals surface area (Å²) < 4.78 is 5.01. The fraction of sp³-hybridized carbons (Fsp3) is 0.286. The first-order valence-electron chi connectivity index (χ1n) is 5.81. The van der Waals surface area contributed by atoms with Crippen molar-refractivity contribution in [2.75, 3.05) is 0 Å². The first-order valence-corrected chi connectivity index (χ1v) is 6.19. The van der Waals surface area contributed by atoms with Crippen molar-refractivity contribution in [2.24, 2.45) is 5.10 Å². The largest absolute Gasteiger partial charge is 0.443 e. The van der Waals surface area contributed by atoms with Crippen molar-refractivity contribution in [2.45, 2.75) is 26.4 Å². The Morgan fingerprint density at radius 2 is 1.95 bits per heavy atom. The number of amides is 1. The van der Waals surface area contributed by atoms with Crippen molar-refractivity contribution in [1.82, 2.24) is 5.43 Å². The lowest BCUT2D eigenvalue weighted by Crippen LogP contribution is -2.29. The van der Waals surface area contributed by atoms with Gasteiger partial charge in [-0.25, -0.2) is 10.2 Å². The maximum absolute atomic E-state index is 11.3. The lowest BCUT2D eigenvalue weighted by molar-refractivity contribution is 0.0529. The highest BCUT2D eigenvalue weighted by atomic mass is 35.5. The van der Waals surface area contributed by atoms with E-state index >= 15 is 0 Å². The number of carbonyl (C=O) groups excluding carboxylic acids is 1. The predicted molar refractivity (Wildman–Crippen MR) is 78.1 cm³/mol. The van der Waals surface area contributed by atoms with E-state index in [1.807, 2.05) is 30.3 Å². The monoisotopic (exact) mass is 280 g/mol. The molecule has 0 fully saturated rings.